The van der Waals surface area contributed by atoms with Gasteiger partial charge in [-0.25, -0.2) is 8.42 Å². The number of ether oxygens (including phenoxy) is 1. The van der Waals surface area contributed by atoms with E-state index in [0.29, 0.717) is 17.1 Å². The van der Waals surface area contributed by atoms with Crippen molar-refractivity contribution >= 4 is 21.4 Å². The second kappa shape index (κ2) is 5.65. The van der Waals surface area contributed by atoms with Crippen LogP contribution in [0.2, 0.25) is 0 Å². The van der Waals surface area contributed by atoms with Gasteiger partial charge in [0.15, 0.2) is 0 Å². The lowest BCUT2D eigenvalue weighted by Crippen LogP contribution is -2.14. The topological polar surface area (TPSA) is 81.4 Å². The number of hydrogen-bond acceptors (Lipinski definition) is 4. The van der Waals surface area contributed by atoms with Gasteiger partial charge < -0.3 is 10.5 Å². The number of nitrogen functional groups attached to an aromatic ring is 1. The Morgan fingerprint density at radius 1 is 1.10 bits per heavy atom. The molecule has 21 heavy (non-hydrogen) atoms. The van der Waals surface area contributed by atoms with Crippen molar-refractivity contribution in [2.24, 2.45) is 0 Å². The first kappa shape index (κ1) is 15.2. The van der Waals surface area contributed by atoms with Crippen LogP contribution in [0.1, 0.15) is 11.1 Å². The normalized spacial score (nSPS) is 11.2. The summed E-state index contributed by atoms with van der Waals surface area (Å²) in [5.74, 6) is 0.332. The monoisotopic (exact) mass is 306 g/mol. The molecule has 112 valence electrons. The number of benzene rings is 2. The fourth-order valence-electron chi connectivity index (χ4n) is 1.91. The molecule has 0 unspecified atom stereocenters. The van der Waals surface area contributed by atoms with Gasteiger partial charge in [-0.15, -0.1) is 0 Å². The SMILES string of the molecule is COc1cc(S(=O)(=O)Nc2cc(C)ccc2C)ccc1N. The largest absolute Gasteiger partial charge is 0.495 e. The number of nitrogens with one attached hydrogen (secondary N) is 1. The first-order chi connectivity index (χ1) is 9.83. The Hall–Kier alpha value is -2.21. The third-order valence-electron chi connectivity index (χ3n) is 3.15. The molecule has 0 spiro atoms. The zero-order chi connectivity index (χ0) is 15.6. The van der Waals surface area contributed by atoms with Gasteiger partial charge in [0.05, 0.1) is 23.4 Å². The number of sulfonamides is 1. The summed E-state index contributed by atoms with van der Waals surface area (Å²) in [7, 11) is -2.24. The summed E-state index contributed by atoms with van der Waals surface area (Å²) in [4.78, 5) is 0.106. The maximum atomic E-state index is 12.4. The van der Waals surface area contributed by atoms with Gasteiger partial charge in [0, 0.05) is 6.07 Å². The summed E-state index contributed by atoms with van der Waals surface area (Å²) in [6.45, 7) is 3.75. The lowest BCUT2D eigenvalue weighted by molar-refractivity contribution is 0.415. The van der Waals surface area contributed by atoms with Crippen LogP contribution >= 0.6 is 0 Å². The van der Waals surface area contributed by atoms with Gasteiger partial charge in [-0.05, 0) is 43.2 Å². The molecule has 0 bridgehead atoms. The first-order valence-electron chi connectivity index (χ1n) is 6.37. The fraction of sp³-hybridized carbons (Fsp3) is 0.200. The van der Waals surface area contributed by atoms with E-state index < -0.39 is 10.0 Å². The molecule has 0 saturated carbocycles. The number of hydrogen-bond donors (Lipinski definition) is 2. The summed E-state index contributed by atoms with van der Waals surface area (Å²) >= 11 is 0. The minimum absolute atomic E-state index is 0.106. The van der Waals surface area contributed by atoms with Crippen molar-refractivity contribution in [3.63, 3.8) is 0 Å². The van der Waals surface area contributed by atoms with Crippen LogP contribution in [0.15, 0.2) is 41.3 Å². The highest BCUT2D eigenvalue weighted by Crippen LogP contribution is 2.27. The van der Waals surface area contributed by atoms with Crippen LogP contribution in [-0.4, -0.2) is 15.5 Å². The predicted octanol–water partition coefficient (Wildman–Crippen LogP) is 2.70. The zero-order valence-corrected chi connectivity index (χ0v) is 13.0. The molecule has 0 radical (unpaired) electrons. The average molecular weight is 306 g/mol. The third-order valence-corrected chi connectivity index (χ3v) is 4.52. The Labute approximate surface area is 124 Å². The van der Waals surface area contributed by atoms with Crippen LogP contribution in [0, 0.1) is 13.8 Å². The number of aryl methyl sites for hydroxylation is 2. The Morgan fingerprint density at radius 2 is 1.81 bits per heavy atom. The number of nitrogens with two attached hydrogens (primary N) is 1. The molecule has 3 N–H and O–H groups in total. The van der Waals surface area contributed by atoms with E-state index >= 15 is 0 Å². The summed E-state index contributed by atoms with van der Waals surface area (Å²) in [6, 6.07) is 9.96. The molecular weight excluding hydrogens is 288 g/mol. The average Bonchev–Trinajstić information content (AvgIpc) is 2.43. The Kier molecular flexibility index (Phi) is 4.09. The first-order valence-corrected chi connectivity index (χ1v) is 7.85. The molecule has 2 aromatic carbocycles. The standard InChI is InChI=1S/C15H18N2O3S/c1-10-4-5-11(2)14(8-10)17-21(18,19)12-6-7-13(16)15(9-12)20-3/h4-9,17H,16H2,1-3H3. The molecule has 2 aromatic rings. The van der Waals surface area contributed by atoms with Crippen LogP contribution in [0.5, 0.6) is 5.75 Å². The smallest absolute Gasteiger partial charge is 0.262 e. The van der Waals surface area contributed by atoms with E-state index in [-0.39, 0.29) is 4.90 Å². The minimum atomic E-state index is -3.69. The number of rotatable bonds is 4. The van der Waals surface area contributed by atoms with Gasteiger partial charge in [-0.3, -0.25) is 4.72 Å². The zero-order valence-electron chi connectivity index (χ0n) is 12.2. The lowest BCUT2D eigenvalue weighted by atomic mass is 10.1. The molecule has 0 heterocycles. The molecule has 0 saturated heterocycles. The molecule has 0 fully saturated rings. The molecule has 2 rings (SSSR count). The van der Waals surface area contributed by atoms with Gasteiger partial charge in [0.2, 0.25) is 0 Å². The van der Waals surface area contributed by atoms with Crippen LogP contribution in [0.25, 0.3) is 0 Å². The molecule has 0 aliphatic carbocycles. The van der Waals surface area contributed by atoms with E-state index in [1.807, 2.05) is 26.0 Å². The molecule has 0 aromatic heterocycles. The van der Waals surface area contributed by atoms with Gasteiger partial charge in [-0.2, -0.15) is 0 Å². The van der Waals surface area contributed by atoms with E-state index in [0.717, 1.165) is 11.1 Å². The van der Waals surface area contributed by atoms with Crippen molar-refractivity contribution in [2.75, 3.05) is 17.6 Å². The van der Waals surface area contributed by atoms with Gasteiger partial charge >= 0.3 is 0 Å². The van der Waals surface area contributed by atoms with E-state index in [9.17, 15) is 8.42 Å². The summed E-state index contributed by atoms with van der Waals surface area (Å²) < 4.78 is 32.5. The molecule has 0 aliphatic rings. The maximum absolute atomic E-state index is 12.4. The Morgan fingerprint density at radius 3 is 2.48 bits per heavy atom. The quantitative estimate of drug-likeness (QED) is 0.851. The molecule has 0 atom stereocenters. The predicted molar refractivity (Wildman–Crippen MR) is 84.1 cm³/mol. The van der Waals surface area contributed by atoms with Crippen molar-refractivity contribution in [1.82, 2.24) is 0 Å². The van der Waals surface area contributed by atoms with Crippen molar-refractivity contribution in [3.05, 3.63) is 47.5 Å². The highest BCUT2D eigenvalue weighted by molar-refractivity contribution is 7.92. The summed E-state index contributed by atoms with van der Waals surface area (Å²) in [5.41, 5.74) is 8.49. The van der Waals surface area contributed by atoms with E-state index in [2.05, 4.69) is 4.72 Å². The van der Waals surface area contributed by atoms with Gasteiger partial charge in [0.25, 0.3) is 10.0 Å². The fourth-order valence-corrected chi connectivity index (χ4v) is 3.04. The van der Waals surface area contributed by atoms with Gasteiger partial charge in [0.1, 0.15) is 5.75 Å². The van der Waals surface area contributed by atoms with Crippen LogP contribution < -0.4 is 15.2 Å². The highest BCUT2D eigenvalue weighted by atomic mass is 32.2. The molecule has 0 aliphatic heterocycles. The van der Waals surface area contributed by atoms with Gasteiger partial charge in [-0.1, -0.05) is 12.1 Å². The van der Waals surface area contributed by atoms with Crippen LogP contribution in [-0.2, 0) is 10.0 Å². The molecule has 0 amide bonds. The van der Waals surface area contributed by atoms with E-state index in [1.165, 1.54) is 25.3 Å². The van der Waals surface area contributed by atoms with Crippen LogP contribution in [0.4, 0.5) is 11.4 Å². The van der Waals surface area contributed by atoms with Crippen molar-refractivity contribution < 1.29 is 13.2 Å². The lowest BCUT2D eigenvalue weighted by Gasteiger charge is -2.12. The van der Waals surface area contributed by atoms with Crippen molar-refractivity contribution in [3.8, 4) is 5.75 Å². The van der Waals surface area contributed by atoms with Crippen LogP contribution in [0.3, 0.4) is 0 Å². The van der Waals surface area contributed by atoms with Crippen molar-refractivity contribution in [1.29, 1.82) is 0 Å². The van der Waals surface area contributed by atoms with E-state index in [4.69, 9.17) is 10.5 Å². The number of anilines is 2. The number of methoxy groups -OCH3 is 1. The maximum Gasteiger partial charge on any atom is 0.262 e. The highest BCUT2D eigenvalue weighted by Gasteiger charge is 2.17. The Bertz CT molecular complexity index is 770. The summed E-state index contributed by atoms with van der Waals surface area (Å²) in [6.07, 6.45) is 0. The Balaban J connectivity index is 2.41. The molecular formula is C15H18N2O3S. The van der Waals surface area contributed by atoms with E-state index in [1.54, 1.807) is 6.07 Å². The molecule has 5 nitrogen and oxygen atoms in total. The molecule has 6 heteroatoms. The summed E-state index contributed by atoms with van der Waals surface area (Å²) in [5, 5.41) is 0. The second-order valence-corrected chi connectivity index (χ2v) is 6.51. The second-order valence-electron chi connectivity index (χ2n) is 4.83. The van der Waals surface area contributed by atoms with Crippen molar-refractivity contribution in [2.45, 2.75) is 18.7 Å². The minimum Gasteiger partial charge on any atom is -0.495 e. The third kappa shape index (κ3) is 3.28.